The summed E-state index contributed by atoms with van der Waals surface area (Å²) in [5.41, 5.74) is 1.98. The van der Waals surface area contributed by atoms with Crippen LogP contribution in [-0.4, -0.2) is 9.97 Å². The Bertz CT molecular complexity index is 448. The van der Waals surface area contributed by atoms with Crippen molar-refractivity contribution in [3.05, 3.63) is 38.1 Å². The van der Waals surface area contributed by atoms with Crippen LogP contribution in [0, 0.1) is 0 Å². The van der Waals surface area contributed by atoms with Crippen molar-refractivity contribution >= 4 is 47.8 Å². The molecular formula is C9H5Br3N2. The van der Waals surface area contributed by atoms with Gasteiger partial charge in [0, 0.05) is 10.0 Å². The fourth-order valence-corrected chi connectivity index (χ4v) is 2.54. The molecule has 0 aliphatic carbocycles. The third-order valence-electron chi connectivity index (χ3n) is 1.75. The summed E-state index contributed by atoms with van der Waals surface area (Å²) in [4.78, 5) is 7.34. The highest BCUT2D eigenvalue weighted by Crippen LogP contribution is 2.28. The molecule has 0 aliphatic rings. The van der Waals surface area contributed by atoms with Gasteiger partial charge in [-0.1, -0.05) is 28.1 Å². The number of aromatic nitrogens is 2. The van der Waals surface area contributed by atoms with Crippen LogP contribution >= 0.6 is 47.8 Å². The predicted octanol–water partition coefficient (Wildman–Crippen LogP) is 4.36. The van der Waals surface area contributed by atoms with E-state index >= 15 is 0 Å². The fraction of sp³-hybridized carbons (Fsp3) is 0. The van der Waals surface area contributed by atoms with E-state index in [1.54, 1.807) is 0 Å². The zero-order valence-electron chi connectivity index (χ0n) is 6.89. The smallest absolute Gasteiger partial charge is 0.175 e. The van der Waals surface area contributed by atoms with E-state index in [1.807, 2.05) is 24.3 Å². The van der Waals surface area contributed by atoms with Crippen molar-refractivity contribution in [3.63, 3.8) is 0 Å². The number of aromatic amines is 1. The Hall–Kier alpha value is -0.130. The molecule has 1 aromatic carbocycles. The minimum atomic E-state index is 0.724. The maximum atomic E-state index is 4.31. The first-order chi connectivity index (χ1) is 6.66. The lowest BCUT2D eigenvalue weighted by molar-refractivity contribution is 1.23. The van der Waals surface area contributed by atoms with Gasteiger partial charge in [-0.3, -0.25) is 0 Å². The molecule has 0 amide bonds. The third kappa shape index (κ3) is 2.10. The molecule has 1 aromatic heterocycles. The lowest BCUT2D eigenvalue weighted by Gasteiger charge is -1.97. The van der Waals surface area contributed by atoms with Crippen LogP contribution in [0.1, 0.15) is 0 Å². The molecule has 5 heteroatoms. The summed E-state index contributed by atoms with van der Waals surface area (Å²) in [6, 6.07) is 8.00. The topological polar surface area (TPSA) is 28.7 Å². The quantitative estimate of drug-likeness (QED) is 0.782. The van der Waals surface area contributed by atoms with Crippen molar-refractivity contribution in [2.75, 3.05) is 0 Å². The monoisotopic (exact) mass is 378 g/mol. The average Bonchev–Trinajstić information content (AvgIpc) is 2.47. The largest absolute Gasteiger partial charge is 0.327 e. The second-order valence-corrected chi connectivity index (χ2v) is 5.16. The molecule has 0 fully saturated rings. The number of halogens is 3. The van der Waals surface area contributed by atoms with Crippen LogP contribution in [0.4, 0.5) is 0 Å². The second kappa shape index (κ2) is 4.16. The van der Waals surface area contributed by atoms with Crippen LogP contribution in [0.2, 0.25) is 0 Å². The Kier molecular flexibility index (Phi) is 3.09. The van der Waals surface area contributed by atoms with Crippen LogP contribution in [0.5, 0.6) is 0 Å². The number of hydrogen-bond acceptors (Lipinski definition) is 1. The first kappa shape index (κ1) is 10.4. The van der Waals surface area contributed by atoms with E-state index in [4.69, 9.17) is 0 Å². The molecule has 0 saturated heterocycles. The molecule has 2 nitrogen and oxygen atoms in total. The van der Waals surface area contributed by atoms with E-state index in [1.165, 1.54) is 0 Å². The molecule has 72 valence electrons. The van der Waals surface area contributed by atoms with Gasteiger partial charge in [-0.25, -0.2) is 4.98 Å². The van der Waals surface area contributed by atoms with Gasteiger partial charge in [-0.2, -0.15) is 0 Å². The van der Waals surface area contributed by atoms with Crippen LogP contribution in [0.25, 0.3) is 11.3 Å². The third-order valence-corrected chi connectivity index (χ3v) is 3.23. The van der Waals surface area contributed by atoms with Gasteiger partial charge in [-0.15, -0.1) is 0 Å². The molecule has 2 aromatic rings. The predicted molar refractivity (Wildman–Crippen MR) is 67.1 cm³/mol. The van der Waals surface area contributed by atoms with E-state index in [2.05, 4.69) is 57.8 Å². The van der Waals surface area contributed by atoms with Crippen molar-refractivity contribution in [1.29, 1.82) is 0 Å². The van der Waals surface area contributed by atoms with Gasteiger partial charge < -0.3 is 4.98 Å². The highest BCUT2D eigenvalue weighted by Gasteiger charge is 2.07. The molecule has 0 atom stereocenters. The number of benzene rings is 1. The molecule has 0 spiro atoms. The standard InChI is InChI=1S/C9H5Br3N2/c10-6-3-1-5(2-4-6)7-8(11)14-9(12)13-7/h1-4H,(H,13,14). The lowest BCUT2D eigenvalue weighted by atomic mass is 10.2. The second-order valence-electron chi connectivity index (χ2n) is 2.70. The van der Waals surface area contributed by atoms with Crippen molar-refractivity contribution in [1.82, 2.24) is 9.97 Å². The van der Waals surface area contributed by atoms with Crippen molar-refractivity contribution < 1.29 is 0 Å². The van der Waals surface area contributed by atoms with Crippen LogP contribution < -0.4 is 0 Å². The molecule has 1 N–H and O–H groups in total. The normalized spacial score (nSPS) is 10.5. The number of H-pyrrole nitrogens is 1. The van der Waals surface area contributed by atoms with Crippen LogP contribution in [-0.2, 0) is 0 Å². The Labute approximate surface area is 107 Å². The number of imidazole rings is 1. The first-order valence-electron chi connectivity index (χ1n) is 3.84. The summed E-state index contributed by atoms with van der Waals surface area (Å²) in [7, 11) is 0. The van der Waals surface area contributed by atoms with Crippen molar-refractivity contribution in [2.45, 2.75) is 0 Å². The highest BCUT2D eigenvalue weighted by molar-refractivity contribution is 9.11. The molecule has 0 aliphatic heterocycles. The molecule has 0 radical (unpaired) electrons. The molecule has 0 unspecified atom stereocenters. The van der Waals surface area contributed by atoms with E-state index in [-0.39, 0.29) is 0 Å². The Balaban J connectivity index is 2.49. The van der Waals surface area contributed by atoms with Crippen LogP contribution in [0.15, 0.2) is 38.1 Å². The fourth-order valence-electron chi connectivity index (χ4n) is 1.12. The zero-order valence-corrected chi connectivity index (χ0v) is 11.6. The SMILES string of the molecule is Brc1ccc(-c2nc(Br)[nH]c2Br)cc1. The van der Waals surface area contributed by atoms with Gasteiger partial charge in [0.15, 0.2) is 4.73 Å². The minimum Gasteiger partial charge on any atom is -0.327 e. The summed E-state index contributed by atoms with van der Waals surface area (Å²) in [6.45, 7) is 0. The molecule has 0 bridgehead atoms. The Morgan fingerprint density at radius 1 is 1.00 bits per heavy atom. The Morgan fingerprint density at radius 3 is 2.14 bits per heavy atom. The maximum Gasteiger partial charge on any atom is 0.175 e. The minimum absolute atomic E-state index is 0.724. The van der Waals surface area contributed by atoms with Gasteiger partial charge in [-0.05, 0) is 44.0 Å². The molecule has 0 saturated carbocycles. The summed E-state index contributed by atoms with van der Waals surface area (Å²) < 4.78 is 2.67. The molecule has 14 heavy (non-hydrogen) atoms. The molecule has 1 heterocycles. The Morgan fingerprint density at radius 2 is 1.64 bits per heavy atom. The van der Waals surface area contributed by atoms with Gasteiger partial charge in [0.2, 0.25) is 0 Å². The summed E-state index contributed by atoms with van der Waals surface area (Å²) >= 11 is 10.1. The summed E-state index contributed by atoms with van der Waals surface area (Å²) in [5.74, 6) is 0. The van der Waals surface area contributed by atoms with Gasteiger partial charge >= 0.3 is 0 Å². The molecular weight excluding hydrogens is 376 g/mol. The first-order valence-corrected chi connectivity index (χ1v) is 6.21. The number of hydrogen-bond donors (Lipinski definition) is 1. The van der Waals surface area contributed by atoms with E-state index in [0.29, 0.717) is 0 Å². The zero-order chi connectivity index (χ0) is 10.1. The van der Waals surface area contributed by atoms with Crippen LogP contribution in [0.3, 0.4) is 0 Å². The molecule has 2 rings (SSSR count). The number of nitrogens with one attached hydrogen (secondary N) is 1. The van der Waals surface area contributed by atoms with E-state index < -0.39 is 0 Å². The number of rotatable bonds is 1. The van der Waals surface area contributed by atoms with Gasteiger partial charge in [0.25, 0.3) is 0 Å². The average molecular weight is 381 g/mol. The summed E-state index contributed by atoms with van der Waals surface area (Å²) in [5, 5.41) is 0. The van der Waals surface area contributed by atoms with Crippen molar-refractivity contribution in [3.8, 4) is 11.3 Å². The highest BCUT2D eigenvalue weighted by atomic mass is 79.9. The summed E-state index contributed by atoms with van der Waals surface area (Å²) in [6.07, 6.45) is 0. The maximum absolute atomic E-state index is 4.31. The van der Waals surface area contributed by atoms with Gasteiger partial charge in [0.05, 0.1) is 0 Å². The van der Waals surface area contributed by atoms with E-state index in [0.717, 1.165) is 25.1 Å². The van der Waals surface area contributed by atoms with E-state index in [9.17, 15) is 0 Å². The number of nitrogens with zero attached hydrogens (tertiary/aromatic N) is 1. The lowest BCUT2D eigenvalue weighted by Crippen LogP contribution is -1.77. The van der Waals surface area contributed by atoms with Crippen molar-refractivity contribution in [2.24, 2.45) is 0 Å². The van der Waals surface area contributed by atoms with Gasteiger partial charge in [0.1, 0.15) is 10.3 Å².